The number of hydrogen-bond donors (Lipinski definition) is 10. The van der Waals surface area contributed by atoms with Crippen LogP contribution in [0.1, 0.15) is 140 Å². The minimum Gasteiger partial charge on any atom is -0.462 e. The number of nitrogens with zero attached hydrogens (tertiary/aromatic N) is 5. The number of unbranched alkanes of at least 4 members (excludes halogenated alkanes) is 2. The summed E-state index contributed by atoms with van der Waals surface area (Å²) in [6.45, 7) is 13.0. The van der Waals surface area contributed by atoms with Gasteiger partial charge in [0, 0.05) is 95.1 Å². The number of fused-ring (bicyclic) bond motifs is 1. The second-order valence-corrected chi connectivity index (χ2v) is 25.8. The van der Waals surface area contributed by atoms with Gasteiger partial charge < -0.3 is 68.0 Å². The largest absolute Gasteiger partial charge is 0.462 e. The number of ether oxygens (including phenoxy) is 2. The average molecular weight is 1310 g/mol. The van der Waals surface area contributed by atoms with Gasteiger partial charge in [-0.3, -0.25) is 52.6 Å². The first-order valence-electron chi connectivity index (χ1n) is 32.1. The Labute approximate surface area is 542 Å². The number of imidazole rings is 1. The summed E-state index contributed by atoms with van der Waals surface area (Å²) >= 11 is 2.53. The number of thioether (sulfide) groups is 2. The molecular formula is C62H99N15O12S2. The normalized spacial score (nSPS) is 17.0. The van der Waals surface area contributed by atoms with Crippen LogP contribution in [0.25, 0.3) is 11.2 Å². The summed E-state index contributed by atoms with van der Waals surface area (Å²) in [5.74, 6) is -1.36. The van der Waals surface area contributed by atoms with Crippen LogP contribution in [0, 0.1) is 17.8 Å². The molecule has 1 aliphatic heterocycles. The molecule has 1 aromatic carbocycles. The van der Waals surface area contributed by atoms with E-state index in [2.05, 4.69) is 72.9 Å². The number of nitrogen functional groups attached to an aromatic ring is 1. The van der Waals surface area contributed by atoms with Crippen molar-refractivity contribution in [2.75, 3.05) is 107 Å². The molecule has 1 saturated carbocycles. The van der Waals surface area contributed by atoms with E-state index in [0.29, 0.717) is 131 Å². The quantitative estimate of drug-likeness (QED) is 0.0221. The summed E-state index contributed by atoms with van der Waals surface area (Å²) in [6.07, 6.45) is 9.33. The van der Waals surface area contributed by atoms with Gasteiger partial charge in [0.05, 0.1) is 30.1 Å². The van der Waals surface area contributed by atoms with E-state index in [1.54, 1.807) is 24.3 Å². The zero-order valence-corrected chi connectivity index (χ0v) is 55.6. The highest BCUT2D eigenvalue weighted by Crippen LogP contribution is 2.34. The number of aromatic nitrogens is 4. The molecule has 3 aromatic rings. The number of nitrogens with one attached hydrogen (secondary N) is 8. The first-order chi connectivity index (χ1) is 43.7. The summed E-state index contributed by atoms with van der Waals surface area (Å²) in [5.41, 5.74) is 13.6. The van der Waals surface area contributed by atoms with E-state index in [1.807, 2.05) is 11.9 Å². The van der Waals surface area contributed by atoms with E-state index in [4.69, 9.17) is 20.9 Å². The lowest BCUT2D eigenvalue weighted by atomic mass is 9.81. The number of esters is 2. The molecule has 0 radical (unpaired) electrons. The van der Waals surface area contributed by atoms with Crippen LogP contribution in [0.5, 0.6) is 0 Å². The molecule has 12 N–H and O–H groups in total. The molecule has 29 heteroatoms. The van der Waals surface area contributed by atoms with Gasteiger partial charge in [-0.15, -0.1) is 11.8 Å². The number of carbonyl (C=O) groups is 9. The van der Waals surface area contributed by atoms with Crippen molar-refractivity contribution in [3.63, 3.8) is 0 Å². The Morgan fingerprint density at radius 2 is 1.54 bits per heavy atom. The van der Waals surface area contributed by atoms with Crippen LogP contribution in [0.4, 0.5) is 11.8 Å². The second kappa shape index (κ2) is 40.2. The fraction of sp³-hybridized carbons (Fsp3) is 0.677. The number of amides is 7. The monoisotopic (exact) mass is 1310 g/mol. The first kappa shape index (κ1) is 74.9. The molecule has 1 saturated heterocycles. The minimum atomic E-state index is -0.792. The van der Waals surface area contributed by atoms with Crippen molar-refractivity contribution < 1.29 is 52.6 Å². The zero-order chi connectivity index (χ0) is 66.2. The van der Waals surface area contributed by atoms with Gasteiger partial charge in [-0.25, -0.2) is 4.79 Å². The molecule has 5 unspecified atom stereocenters. The fourth-order valence-electron chi connectivity index (χ4n) is 10.8. The van der Waals surface area contributed by atoms with Gasteiger partial charge in [0.1, 0.15) is 18.2 Å². The summed E-state index contributed by atoms with van der Waals surface area (Å²) in [4.78, 5) is 143. The van der Waals surface area contributed by atoms with Gasteiger partial charge in [0.2, 0.25) is 41.4 Å². The van der Waals surface area contributed by atoms with Crippen molar-refractivity contribution in [2.24, 2.45) is 23.5 Å². The number of likely N-dealkylation sites (tertiary alicyclic amines) is 1. The average Bonchev–Trinajstić information content (AvgIpc) is 1.91. The molecular weight excluding hydrogens is 1210 g/mol. The first-order valence-corrected chi connectivity index (χ1v) is 34.3. The Balaban J connectivity index is 1.06. The van der Waals surface area contributed by atoms with E-state index in [1.165, 1.54) is 46.8 Å². The predicted octanol–water partition coefficient (Wildman–Crippen LogP) is 2.66. The van der Waals surface area contributed by atoms with E-state index in [9.17, 15) is 47.9 Å². The molecule has 2 aromatic heterocycles. The molecule has 5 rings (SSSR count). The summed E-state index contributed by atoms with van der Waals surface area (Å²) in [7, 11) is 1.94. The van der Waals surface area contributed by atoms with E-state index < -0.39 is 46.8 Å². The number of anilines is 2. The number of aromatic amines is 1. The third-order valence-corrected chi connectivity index (χ3v) is 18.6. The smallest absolute Gasteiger partial charge is 0.328 e. The molecule has 7 amide bonds. The van der Waals surface area contributed by atoms with Crippen molar-refractivity contribution in [1.82, 2.24) is 61.2 Å². The lowest BCUT2D eigenvalue weighted by molar-refractivity contribution is -0.154. The Kier molecular flexibility index (Phi) is 33.1. The number of benzene rings is 1. The van der Waals surface area contributed by atoms with Crippen molar-refractivity contribution in [3.8, 4) is 0 Å². The number of nitrogens with two attached hydrogens (primary N) is 2. The number of carbonyl (C=O) groups excluding carboxylic acids is 9. The Morgan fingerprint density at radius 3 is 2.24 bits per heavy atom. The predicted molar refractivity (Wildman–Crippen MR) is 353 cm³/mol. The second-order valence-electron chi connectivity index (χ2n) is 23.5. The van der Waals surface area contributed by atoms with Crippen molar-refractivity contribution >= 4 is 99.7 Å². The topological polar surface area (TPSA) is 378 Å². The van der Waals surface area contributed by atoms with Gasteiger partial charge in [0.25, 0.3) is 5.91 Å². The van der Waals surface area contributed by atoms with E-state index >= 15 is 0 Å². The highest BCUT2D eigenvalue weighted by Gasteiger charge is 2.41. The van der Waals surface area contributed by atoms with Crippen LogP contribution >= 0.6 is 23.5 Å². The maximum Gasteiger partial charge on any atom is 0.328 e. The number of imide groups is 1. The van der Waals surface area contributed by atoms with Gasteiger partial charge in [-0.1, -0.05) is 38.8 Å². The summed E-state index contributed by atoms with van der Waals surface area (Å²) in [5, 5.41) is 20.5. The van der Waals surface area contributed by atoms with Crippen LogP contribution in [0.2, 0.25) is 0 Å². The number of rotatable bonds is 43. The van der Waals surface area contributed by atoms with Crippen LogP contribution in [-0.2, 0) is 54.4 Å². The lowest BCUT2D eigenvalue weighted by Crippen LogP contribution is -2.43. The zero-order valence-electron chi connectivity index (χ0n) is 54.0. The van der Waals surface area contributed by atoms with Crippen LogP contribution in [0.3, 0.4) is 0 Å². The van der Waals surface area contributed by atoms with Gasteiger partial charge in [-0.2, -0.15) is 21.7 Å². The van der Waals surface area contributed by atoms with Crippen molar-refractivity contribution in [3.05, 3.63) is 45.9 Å². The highest BCUT2D eigenvalue weighted by molar-refractivity contribution is 8.01. The van der Waals surface area contributed by atoms with Crippen molar-refractivity contribution in [1.29, 1.82) is 0 Å². The standard InChI is InChI=1S/C62H99N15O12S2/c1-7-9-25-70-61-73-55(64)54-56(74-61)77(62(87)72-54)35-45-14-18-46(19-15-45)57(83)71-33-51(80)67-27-13-30-75(29-11-10-23-66-24-12-26-69-58(84)49(63)38-90-37-48(89-42(5)79)36-88-41(4)78)59(85)47-20-16-44(17-21-47)34-76-53(82)32-50(60(76)86)91-39-52(81)68-28-22-43(8-2)31-40(3)65-6/h14-15,18-19,40,43-44,47-50,65-66H,7-13,16-17,20-39,63H2,1-6H3,(H,67,80)(H,68,81)(H,69,84)(H,71,83)(H,72,87)(H3,64,70,73,74). The minimum absolute atomic E-state index is 0.0202. The number of H-pyrrole nitrogens is 1. The fourth-order valence-corrected chi connectivity index (χ4v) is 12.7. The van der Waals surface area contributed by atoms with Crippen LogP contribution < -0.4 is 54.4 Å². The Bertz CT molecular complexity index is 2910. The maximum atomic E-state index is 14.3. The maximum absolute atomic E-state index is 14.3. The lowest BCUT2D eigenvalue weighted by Gasteiger charge is -2.33. The molecule has 0 bridgehead atoms. The Morgan fingerprint density at radius 1 is 0.824 bits per heavy atom. The number of hydrogen-bond acceptors (Lipinski definition) is 21. The molecule has 0 spiro atoms. The van der Waals surface area contributed by atoms with Gasteiger partial charge in [0.15, 0.2) is 11.5 Å². The third kappa shape index (κ3) is 26.4. The molecule has 91 heavy (non-hydrogen) atoms. The van der Waals surface area contributed by atoms with Gasteiger partial charge in [-0.05, 0) is 127 Å². The van der Waals surface area contributed by atoms with E-state index in [0.717, 1.165) is 44.1 Å². The summed E-state index contributed by atoms with van der Waals surface area (Å²) < 4.78 is 11.6. The molecule has 1 aliphatic carbocycles. The van der Waals surface area contributed by atoms with E-state index in [-0.39, 0.29) is 97.9 Å². The molecule has 27 nitrogen and oxygen atoms in total. The Hall–Kier alpha value is -6.82. The summed E-state index contributed by atoms with van der Waals surface area (Å²) in [6, 6.07) is 6.25. The molecule has 506 valence electrons. The molecule has 2 fully saturated rings. The molecule has 3 heterocycles. The third-order valence-electron chi connectivity index (χ3n) is 16.2. The highest BCUT2D eigenvalue weighted by atomic mass is 32.2. The van der Waals surface area contributed by atoms with Crippen LogP contribution in [0.15, 0.2) is 29.1 Å². The van der Waals surface area contributed by atoms with Crippen molar-refractivity contribution in [2.45, 2.75) is 154 Å². The molecule has 5 atom stereocenters. The molecule has 2 aliphatic rings. The SMILES string of the molecule is CCCCNc1nc(N)c2[nH]c(=O)n(Cc3ccc(C(=O)NCC(=O)NCCCN(CCCCNCCCNC(=O)C(N)CSCC(COC(C)=O)OC(C)=O)C(=O)C4CCC(CN5C(=O)CC(SCC(=O)NCCC(CC)CC(C)NC)C5=O)CC4)cc3)c2n1. The van der Waals surface area contributed by atoms with Crippen LogP contribution in [-0.4, -0.2) is 202 Å². The van der Waals surface area contributed by atoms with Gasteiger partial charge >= 0.3 is 17.6 Å².